The maximum absolute atomic E-state index is 13.3. The lowest BCUT2D eigenvalue weighted by Crippen LogP contribution is -2.22. The number of benzene rings is 1. The Morgan fingerprint density at radius 3 is 2.94 bits per heavy atom. The monoisotopic (exact) mass is 246 g/mol. The Hall–Kier alpha value is -1.14. The fourth-order valence-electron chi connectivity index (χ4n) is 1.59. The Morgan fingerprint density at radius 1 is 1.56 bits per heavy atom. The number of hydrogen-bond donors (Lipinski definition) is 0. The summed E-state index contributed by atoms with van der Waals surface area (Å²) >= 11 is 0. The summed E-state index contributed by atoms with van der Waals surface area (Å²) in [6.07, 6.45) is 0.986. The molecule has 6 heteroatoms. The molecule has 88 valence electrons. The van der Waals surface area contributed by atoms with Crippen molar-refractivity contribution >= 4 is 10.1 Å². The molecule has 1 aliphatic rings. The quantitative estimate of drug-likeness (QED) is 0.749. The van der Waals surface area contributed by atoms with Gasteiger partial charge in [0.2, 0.25) is 0 Å². The Bertz CT molecular complexity index is 498. The number of ether oxygens (including phenoxy) is 1. The van der Waals surface area contributed by atoms with Gasteiger partial charge in [0.25, 0.3) is 10.1 Å². The molecule has 0 aromatic heterocycles. The van der Waals surface area contributed by atoms with E-state index in [4.69, 9.17) is 4.74 Å². The fourth-order valence-corrected chi connectivity index (χ4v) is 1.99. The molecule has 2 rings (SSSR count). The van der Waals surface area contributed by atoms with Crippen LogP contribution in [0.15, 0.2) is 18.2 Å². The second-order valence-corrected chi connectivity index (χ2v) is 5.30. The summed E-state index contributed by atoms with van der Waals surface area (Å²) in [5.41, 5.74) is 0.738. The molecule has 0 amide bonds. The second-order valence-electron chi connectivity index (χ2n) is 3.66. The van der Waals surface area contributed by atoms with Crippen molar-refractivity contribution in [3.63, 3.8) is 0 Å². The second kappa shape index (κ2) is 4.03. The number of rotatable bonds is 3. The molecule has 0 fully saturated rings. The topological polar surface area (TPSA) is 52.6 Å². The third-order valence-electron chi connectivity index (χ3n) is 2.25. The normalized spacial score (nSPS) is 19.2. The van der Waals surface area contributed by atoms with Crippen LogP contribution < -0.4 is 4.74 Å². The van der Waals surface area contributed by atoms with Crippen LogP contribution in [-0.4, -0.2) is 27.4 Å². The van der Waals surface area contributed by atoms with E-state index in [1.54, 1.807) is 12.1 Å². The van der Waals surface area contributed by atoms with Crippen LogP contribution in [0.1, 0.15) is 5.56 Å². The van der Waals surface area contributed by atoms with Gasteiger partial charge in [-0.25, -0.2) is 4.39 Å². The first-order valence-corrected chi connectivity index (χ1v) is 6.56. The zero-order valence-corrected chi connectivity index (χ0v) is 9.46. The predicted molar refractivity (Wildman–Crippen MR) is 55.3 cm³/mol. The van der Waals surface area contributed by atoms with Crippen molar-refractivity contribution in [2.45, 2.75) is 12.5 Å². The van der Waals surface area contributed by atoms with Gasteiger partial charge in [-0.2, -0.15) is 8.42 Å². The van der Waals surface area contributed by atoms with E-state index in [0.29, 0.717) is 6.42 Å². The highest BCUT2D eigenvalue weighted by molar-refractivity contribution is 7.85. The third-order valence-corrected chi connectivity index (χ3v) is 2.81. The van der Waals surface area contributed by atoms with E-state index >= 15 is 0 Å². The van der Waals surface area contributed by atoms with E-state index < -0.39 is 22.0 Å². The molecule has 0 aliphatic carbocycles. The smallest absolute Gasteiger partial charge is 0.264 e. The van der Waals surface area contributed by atoms with Gasteiger partial charge in [-0.1, -0.05) is 12.1 Å². The molecular formula is C10H11FO4S. The van der Waals surface area contributed by atoms with Crippen LogP contribution in [0.5, 0.6) is 5.75 Å². The SMILES string of the molecule is CS(=O)(=O)OCC1Cc2cccc(F)c2O1. The van der Waals surface area contributed by atoms with E-state index in [-0.39, 0.29) is 12.4 Å². The van der Waals surface area contributed by atoms with Crippen molar-refractivity contribution in [2.75, 3.05) is 12.9 Å². The molecule has 4 nitrogen and oxygen atoms in total. The predicted octanol–water partition coefficient (Wildman–Crippen LogP) is 1.11. The minimum Gasteiger partial charge on any atom is -0.484 e. The average Bonchev–Trinajstić information content (AvgIpc) is 2.58. The summed E-state index contributed by atoms with van der Waals surface area (Å²) in [5, 5.41) is 0. The van der Waals surface area contributed by atoms with Crippen molar-refractivity contribution in [1.29, 1.82) is 0 Å². The molecule has 0 spiro atoms. The first-order chi connectivity index (χ1) is 7.46. The Labute approximate surface area is 93.1 Å². The van der Waals surface area contributed by atoms with Crippen LogP contribution >= 0.6 is 0 Å². The molecule has 0 radical (unpaired) electrons. The number of hydrogen-bond acceptors (Lipinski definition) is 4. The zero-order valence-electron chi connectivity index (χ0n) is 8.64. The van der Waals surface area contributed by atoms with Crippen molar-refractivity contribution in [1.82, 2.24) is 0 Å². The molecule has 1 unspecified atom stereocenters. The summed E-state index contributed by atoms with van der Waals surface area (Å²) in [6.45, 7) is -0.0903. The largest absolute Gasteiger partial charge is 0.484 e. The number of halogens is 1. The molecule has 1 atom stereocenters. The van der Waals surface area contributed by atoms with Crippen molar-refractivity contribution in [2.24, 2.45) is 0 Å². The van der Waals surface area contributed by atoms with Crippen LogP contribution in [-0.2, 0) is 20.7 Å². The minimum absolute atomic E-state index is 0.0903. The summed E-state index contributed by atoms with van der Waals surface area (Å²) in [7, 11) is -3.48. The lowest BCUT2D eigenvalue weighted by atomic mass is 10.1. The summed E-state index contributed by atoms with van der Waals surface area (Å²) in [4.78, 5) is 0. The van der Waals surface area contributed by atoms with Gasteiger partial charge < -0.3 is 4.74 Å². The van der Waals surface area contributed by atoms with Crippen LogP contribution in [0.2, 0.25) is 0 Å². The molecule has 1 aliphatic heterocycles. The number of para-hydroxylation sites is 1. The Morgan fingerprint density at radius 2 is 2.31 bits per heavy atom. The average molecular weight is 246 g/mol. The van der Waals surface area contributed by atoms with Gasteiger partial charge in [0.15, 0.2) is 11.6 Å². The van der Waals surface area contributed by atoms with Gasteiger partial charge in [0, 0.05) is 12.0 Å². The molecule has 0 saturated heterocycles. The first-order valence-electron chi connectivity index (χ1n) is 4.74. The van der Waals surface area contributed by atoms with Crippen LogP contribution in [0, 0.1) is 5.82 Å². The highest BCUT2D eigenvalue weighted by Gasteiger charge is 2.26. The van der Waals surface area contributed by atoms with E-state index in [1.807, 2.05) is 0 Å². The molecule has 0 bridgehead atoms. The van der Waals surface area contributed by atoms with Crippen LogP contribution in [0.4, 0.5) is 4.39 Å². The summed E-state index contributed by atoms with van der Waals surface area (Å²) in [6, 6.07) is 4.65. The Balaban J connectivity index is 2.04. The van der Waals surface area contributed by atoms with Gasteiger partial charge in [0.1, 0.15) is 12.7 Å². The lowest BCUT2D eigenvalue weighted by Gasteiger charge is -2.09. The first kappa shape index (κ1) is 11.3. The van der Waals surface area contributed by atoms with Crippen molar-refractivity contribution < 1.29 is 21.7 Å². The van der Waals surface area contributed by atoms with E-state index in [9.17, 15) is 12.8 Å². The highest BCUT2D eigenvalue weighted by atomic mass is 32.2. The molecule has 1 heterocycles. The molecule has 16 heavy (non-hydrogen) atoms. The molecule has 0 saturated carbocycles. The lowest BCUT2D eigenvalue weighted by molar-refractivity contribution is 0.149. The van der Waals surface area contributed by atoms with E-state index in [2.05, 4.69) is 4.18 Å². The van der Waals surface area contributed by atoms with Crippen LogP contribution in [0.25, 0.3) is 0 Å². The van der Waals surface area contributed by atoms with E-state index in [0.717, 1.165) is 11.8 Å². The molecule has 1 aromatic rings. The molecule has 0 N–H and O–H groups in total. The van der Waals surface area contributed by atoms with Crippen molar-refractivity contribution in [3.8, 4) is 5.75 Å². The number of fused-ring (bicyclic) bond motifs is 1. The summed E-state index contributed by atoms with van der Waals surface area (Å²) < 4.78 is 44.7. The molecule has 1 aromatic carbocycles. The van der Waals surface area contributed by atoms with Gasteiger partial charge >= 0.3 is 0 Å². The highest BCUT2D eigenvalue weighted by Crippen LogP contribution is 2.31. The van der Waals surface area contributed by atoms with Gasteiger partial charge in [0.05, 0.1) is 6.26 Å². The molecular weight excluding hydrogens is 235 g/mol. The van der Waals surface area contributed by atoms with Crippen molar-refractivity contribution in [3.05, 3.63) is 29.6 Å². The van der Waals surface area contributed by atoms with Gasteiger partial charge in [-0.3, -0.25) is 4.18 Å². The maximum atomic E-state index is 13.3. The Kier molecular flexibility index (Phi) is 2.86. The van der Waals surface area contributed by atoms with Crippen LogP contribution in [0.3, 0.4) is 0 Å². The van der Waals surface area contributed by atoms with Gasteiger partial charge in [-0.05, 0) is 6.07 Å². The van der Waals surface area contributed by atoms with E-state index in [1.165, 1.54) is 6.07 Å². The minimum atomic E-state index is -3.48. The van der Waals surface area contributed by atoms with Gasteiger partial charge in [-0.15, -0.1) is 0 Å². The maximum Gasteiger partial charge on any atom is 0.264 e. The standard InChI is InChI=1S/C10H11FO4S/c1-16(12,13)14-6-8-5-7-3-2-4-9(11)10(7)15-8/h2-4,8H,5-6H2,1H3. The third kappa shape index (κ3) is 2.51. The fraction of sp³-hybridized carbons (Fsp3) is 0.400. The summed E-state index contributed by atoms with van der Waals surface area (Å²) in [5.74, 6) is -0.232. The zero-order chi connectivity index (χ0) is 11.8.